The van der Waals surface area contributed by atoms with Crippen LogP contribution in [-0.4, -0.2) is 89.7 Å². The molecule has 15 rings (SSSR count). The molecule has 8 atom stereocenters. The Morgan fingerprint density at radius 2 is 0.809 bits per heavy atom. The number of nitrogens with zero attached hydrogens (tertiary/aromatic N) is 4. The minimum atomic E-state index is -0.761. The minimum absolute atomic E-state index is 0.0324. The number of carbonyl (C=O) groups is 2. The van der Waals surface area contributed by atoms with Gasteiger partial charge in [-0.05, 0) is 123 Å². The number of nitrogens with two attached hydrogens (primary N) is 2. The maximum absolute atomic E-state index is 13.6. The summed E-state index contributed by atoms with van der Waals surface area (Å²) in [4.78, 5) is 40.4. The molecule has 1 amide bonds. The third-order valence-electron chi connectivity index (χ3n) is 18.7. The van der Waals surface area contributed by atoms with Crippen molar-refractivity contribution in [3.05, 3.63) is 252 Å². The molecule has 0 aromatic heterocycles. The molecule has 7 aliphatic rings. The first-order valence-corrected chi connectivity index (χ1v) is 36.4. The lowest BCUT2D eigenvalue weighted by Crippen LogP contribution is -2.45. The number of fused-ring (bicyclic) bond motifs is 3. The first-order valence-electron chi connectivity index (χ1n) is 33.7. The molecule has 4 aliphatic carbocycles. The van der Waals surface area contributed by atoms with E-state index in [1.165, 1.54) is 133 Å². The number of aliphatic imine (C=N–C) groups is 3. The van der Waals surface area contributed by atoms with Crippen LogP contribution in [0.3, 0.4) is 0 Å². The second kappa shape index (κ2) is 33.4. The van der Waals surface area contributed by atoms with Gasteiger partial charge in [0.1, 0.15) is 29.1 Å². The number of hydrogen-bond acceptors (Lipinski definition) is 10. The SMILES string of the molecule is CC(=O)N1C(c2ccccc2P(c2ccccc2)c2ccccc2)=N[C@@H]2CCCC[C@H]21.COC(=O)c1ccccc1F.Fc1ccccc1C1=N[C@@H]2CCCC[C@H]2N1.N[C@@H]1CCCC[C@H]1N.c1ccc(P(c2ccccc2)c2ccccc2C2=N[C@@H]3CCCC[C@H]3N2)cc1. The number of benzene rings is 8. The summed E-state index contributed by atoms with van der Waals surface area (Å²) >= 11 is 0. The van der Waals surface area contributed by atoms with Gasteiger partial charge in [0.05, 0.1) is 42.4 Å². The molecule has 4 fully saturated rings. The summed E-state index contributed by atoms with van der Waals surface area (Å²) in [5, 5.41) is 15.2. The van der Waals surface area contributed by atoms with Crippen LogP contribution in [-0.2, 0) is 9.53 Å². The molecule has 0 spiro atoms. The van der Waals surface area contributed by atoms with E-state index >= 15 is 0 Å². The molecule has 8 aromatic carbocycles. The average molecular weight is 1300 g/mol. The van der Waals surface area contributed by atoms with Gasteiger partial charge in [0, 0.05) is 42.2 Å². The zero-order chi connectivity index (χ0) is 65.2. The van der Waals surface area contributed by atoms with Crippen molar-refractivity contribution in [2.75, 3.05) is 7.11 Å². The number of amides is 1. The number of halogens is 2. The van der Waals surface area contributed by atoms with Crippen molar-refractivity contribution in [3.63, 3.8) is 0 Å². The quantitative estimate of drug-likeness (QED) is 0.0783. The van der Waals surface area contributed by atoms with Gasteiger partial charge in [0.25, 0.3) is 0 Å². The summed E-state index contributed by atoms with van der Waals surface area (Å²) in [5.41, 5.74) is 14.3. The molecule has 0 unspecified atom stereocenters. The number of rotatable bonds is 10. The van der Waals surface area contributed by atoms with Gasteiger partial charge in [-0.1, -0.05) is 245 Å². The molecule has 486 valence electrons. The second-order valence-electron chi connectivity index (χ2n) is 25.0. The van der Waals surface area contributed by atoms with Crippen LogP contribution in [0, 0.1) is 11.6 Å². The lowest BCUT2D eigenvalue weighted by atomic mass is 9.91. The van der Waals surface area contributed by atoms with Gasteiger partial charge < -0.3 is 26.8 Å². The molecule has 3 aliphatic heterocycles. The van der Waals surface area contributed by atoms with Crippen molar-refractivity contribution in [1.29, 1.82) is 0 Å². The van der Waals surface area contributed by atoms with E-state index in [1.807, 2.05) is 11.0 Å². The van der Waals surface area contributed by atoms with Crippen molar-refractivity contribution in [2.24, 2.45) is 26.4 Å². The Kier molecular flexibility index (Phi) is 23.9. The van der Waals surface area contributed by atoms with Gasteiger partial charge in [-0.15, -0.1) is 0 Å². The highest BCUT2D eigenvalue weighted by Crippen LogP contribution is 2.39. The summed E-state index contributed by atoms with van der Waals surface area (Å²) in [6, 6.07) is 76.0. The number of hydrogen-bond donors (Lipinski definition) is 4. The molecule has 0 bridgehead atoms. The van der Waals surface area contributed by atoms with Crippen molar-refractivity contribution >= 4 is 77.1 Å². The number of esters is 1. The normalized spacial score (nSPS) is 22.3. The van der Waals surface area contributed by atoms with E-state index in [1.54, 1.807) is 25.1 Å². The van der Waals surface area contributed by atoms with Crippen LogP contribution in [0.25, 0.3) is 0 Å². The molecule has 15 heteroatoms. The predicted molar refractivity (Wildman–Crippen MR) is 385 cm³/mol. The third-order valence-corrected chi connectivity index (χ3v) is 23.7. The van der Waals surface area contributed by atoms with Crippen LogP contribution >= 0.6 is 15.8 Å². The molecular weight excluding hydrogens is 1210 g/mol. The van der Waals surface area contributed by atoms with Crippen LogP contribution in [0.4, 0.5) is 8.78 Å². The third kappa shape index (κ3) is 16.7. The van der Waals surface area contributed by atoms with E-state index in [2.05, 4.69) is 190 Å². The Morgan fingerprint density at radius 1 is 0.436 bits per heavy atom. The van der Waals surface area contributed by atoms with Crippen molar-refractivity contribution in [1.82, 2.24) is 15.5 Å². The summed E-state index contributed by atoms with van der Waals surface area (Å²) in [6.45, 7) is 1.69. The summed E-state index contributed by atoms with van der Waals surface area (Å²) < 4.78 is 30.7. The van der Waals surface area contributed by atoms with Gasteiger partial charge >= 0.3 is 5.97 Å². The lowest BCUT2D eigenvalue weighted by molar-refractivity contribution is -0.126. The maximum atomic E-state index is 13.6. The van der Waals surface area contributed by atoms with Crippen LogP contribution in [0.1, 0.15) is 137 Å². The molecule has 0 saturated heterocycles. The average Bonchev–Trinajstić information content (AvgIpc) is 1.53. The van der Waals surface area contributed by atoms with Gasteiger partial charge in [-0.2, -0.15) is 0 Å². The van der Waals surface area contributed by atoms with Crippen molar-refractivity contribution in [3.8, 4) is 0 Å². The lowest BCUT2D eigenvalue weighted by Gasteiger charge is -2.31. The van der Waals surface area contributed by atoms with Gasteiger partial charge in [0.15, 0.2) is 0 Å². The fourth-order valence-electron chi connectivity index (χ4n) is 13.9. The Labute approximate surface area is 556 Å². The fourth-order valence-corrected chi connectivity index (χ4v) is 18.8. The Hall–Kier alpha value is -8.05. The van der Waals surface area contributed by atoms with Gasteiger partial charge in [0.2, 0.25) is 5.91 Å². The van der Waals surface area contributed by atoms with E-state index < -0.39 is 27.6 Å². The van der Waals surface area contributed by atoms with E-state index in [9.17, 15) is 18.4 Å². The molecule has 0 radical (unpaired) electrons. The molecule has 94 heavy (non-hydrogen) atoms. The Balaban J connectivity index is 0.000000130. The standard InChI is InChI=1S/C27H27N2OP.C25H25N2P.C13H15FN2.C8H7FO2.C6H14N2/c1-20(30)29-25-18-10-9-17-24(25)28-27(29)23-16-8-11-19-26(23)31(21-12-4-2-5-13-21)22-14-6-3-7-15-22;1-3-11-19(12-4-1)28(20-13-5-2-6-14-20)24-18-10-7-15-21(24)25-26-22-16-8-9-17-23(22)27-25;14-10-6-2-1-5-9(10)13-15-11-7-3-4-8-12(11)16-13;1-11-8(10)6-4-2-3-5-7(6)9;7-5-3-1-2-4-6(5)8/h2-8,11-16,19,24-25H,9-10,17-18H2,1H3;1-7,10-15,18,22-23H,8-9,16-17H2,(H,26,27);1-2,5-6,11-12H,3-4,7-8H2,(H,15,16);2-5H,1H3;5-6H,1-4,7-8H2/t24-,25-;22-,23-;11-,12-;;5-,6-/m111.1/s1. The number of methoxy groups -OCH3 is 1. The van der Waals surface area contributed by atoms with E-state index in [4.69, 9.17) is 21.5 Å². The Bertz CT molecular complexity index is 3770. The van der Waals surface area contributed by atoms with Crippen molar-refractivity contribution in [2.45, 2.75) is 158 Å². The Morgan fingerprint density at radius 3 is 1.26 bits per heavy atom. The molecule has 6 N–H and O–H groups in total. The monoisotopic (exact) mass is 1300 g/mol. The van der Waals surface area contributed by atoms with Crippen LogP contribution in [0.15, 0.2) is 233 Å². The first kappa shape index (κ1) is 67.4. The zero-order valence-corrected chi connectivity index (χ0v) is 55.8. The van der Waals surface area contributed by atoms with Crippen LogP contribution in [0.2, 0.25) is 0 Å². The van der Waals surface area contributed by atoms with Crippen molar-refractivity contribution < 1.29 is 23.1 Å². The van der Waals surface area contributed by atoms with Crippen LogP contribution in [0.5, 0.6) is 0 Å². The minimum Gasteiger partial charge on any atom is -0.465 e. The molecular formula is C79H88F2N8O3P2. The molecule has 4 saturated carbocycles. The molecule has 11 nitrogen and oxygen atoms in total. The number of nitrogens with one attached hydrogen (secondary N) is 2. The van der Waals surface area contributed by atoms with Crippen LogP contribution < -0.4 is 53.9 Å². The second-order valence-corrected chi connectivity index (χ2v) is 29.4. The van der Waals surface area contributed by atoms with E-state index in [0.717, 1.165) is 61.6 Å². The fraction of sp³-hybridized carbons (Fsp3) is 0.329. The predicted octanol–water partition coefficient (Wildman–Crippen LogP) is 12.8. The van der Waals surface area contributed by atoms with Gasteiger partial charge in [-0.25, -0.2) is 13.6 Å². The maximum Gasteiger partial charge on any atom is 0.340 e. The van der Waals surface area contributed by atoms with Gasteiger partial charge in [-0.3, -0.25) is 24.7 Å². The summed E-state index contributed by atoms with van der Waals surface area (Å²) in [6.07, 6.45) is 19.2. The van der Waals surface area contributed by atoms with E-state index in [0.29, 0.717) is 29.7 Å². The summed E-state index contributed by atoms with van der Waals surface area (Å²) in [7, 11) is -0.170. The number of amidine groups is 3. The highest BCUT2D eigenvalue weighted by molar-refractivity contribution is 7.80. The van der Waals surface area contributed by atoms with E-state index in [-0.39, 0.29) is 41.5 Å². The number of carbonyl (C=O) groups excluding carboxylic acids is 2. The topological polar surface area (TPSA) is 160 Å². The smallest absolute Gasteiger partial charge is 0.340 e. The number of ether oxygens (including phenoxy) is 1. The zero-order valence-electron chi connectivity index (χ0n) is 54.0. The summed E-state index contributed by atoms with van der Waals surface area (Å²) in [5.74, 6) is 1.43. The molecule has 3 heterocycles. The highest BCUT2D eigenvalue weighted by atomic mass is 31.1. The first-order chi connectivity index (χ1) is 46.0. The highest BCUT2D eigenvalue weighted by Gasteiger charge is 2.42. The largest absolute Gasteiger partial charge is 0.465 e. The molecule has 8 aromatic rings.